The topological polar surface area (TPSA) is 54.5 Å². The fourth-order valence-electron chi connectivity index (χ4n) is 2.81. The minimum atomic E-state index is -0.0309. The number of pyridine rings is 1. The molecule has 1 fully saturated rings. The number of morpholine rings is 1. The first-order valence-corrected chi connectivity index (χ1v) is 8.66. The number of carbonyl (C=O) groups excluding carboxylic acids is 1. The van der Waals surface area contributed by atoms with Gasteiger partial charge in [0.05, 0.1) is 18.8 Å². The third-order valence-electron chi connectivity index (χ3n) is 4.14. The van der Waals surface area contributed by atoms with Gasteiger partial charge < -0.3 is 15.0 Å². The zero-order chi connectivity index (χ0) is 16.7. The summed E-state index contributed by atoms with van der Waals surface area (Å²) in [6.45, 7) is 9.46. The Morgan fingerprint density at radius 3 is 2.74 bits per heavy atom. The van der Waals surface area contributed by atoms with Crippen molar-refractivity contribution in [1.29, 1.82) is 0 Å². The van der Waals surface area contributed by atoms with Gasteiger partial charge in [-0.25, -0.2) is 4.98 Å². The van der Waals surface area contributed by atoms with Crippen LogP contribution in [0.3, 0.4) is 0 Å². The Kier molecular flexibility index (Phi) is 6.84. The van der Waals surface area contributed by atoms with Gasteiger partial charge in [-0.1, -0.05) is 26.7 Å². The number of anilines is 1. The number of hydrogen-bond donors (Lipinski definition) is 1. The molecule has 0 spiro atoms. The largest absolute Gasteiger partial charge is 0.378 e. The molecule has 1 N–H and O–H groups in total. The molecule has 23 heavy (non-hydrogen) atoms. The number of amides is 1. The number of ether oxygens (including phenoxy) is 1. The normalized spacial score (nSPS) is 16.4. The van der Waals surface area contributed by atoms with E-state index in [4.69, 9.17) is 4.74 Å². The monoisotopic (exact) mass is 319 g/mol. The fourth-order valence-corrected chi connectivity index (χ4v) is 2.81. The van der Waals surface area contributed by atoms with Crippen LogP contribution in [0.2, 0.25) is 0 Å². The number of carbonyl (C=O) groups is 1. The summed E-state index contributed by atoms with van der Waals surface area (Å²) in [6.07, 6.45) is 5.10. The van der Waals surface area contributed by atoms with E-state index in [1.165, 1.54) is 6.42 Å². The van der Waals surface area contributed by atoms with Crippen LogP contribution in [0, 0.1) is 5.92 Å². The van der Waals surface area contributed by atoms with Crippen LogP contribution >= 0.6 is 0 Å². The summed E-state index contributed by atoms with van der Waals surface area (Å²) in [6, 6.07) is 3.86. The number of nitrogens with zero attached hydrogens (tertiary/aromatic N) is 2. The first-order chi connectivity index (χ1) is 11.1. The van der Waals surface area contributed by atoms with Crippen LogP contribution in [0.1, 0.15) is 50.4 Å². The third kappa shape index (κ3) is 5.50. The molecular formula is C18H29N3O2. The molecule has 1 unspecified atom stereocenters. The van der Waals surface area contributed by atoms with Crippen molar-refractivity contribution in [3.8, 4) is 0 Å². The summed E-state index contributed by atoms with van der Waals surface area (Å²) < 4.78 is 5.38. The van der Waals surface area contributed by atoms with Gasteiger partial charge in [-0.3, -0.25) is 4.79 Å². The van der Waals surface area contributed by atoms with E-state index in [2.05, 4.69) is 36.0 Å². The molecule has 0 radical (unpaired) electrons. The molecule has 0 bridgehead atoms. The van der Waals surface area contributed by atoms with Crippen molar-refractivity contribution >= 4 is 11.7 Å². The Morgan fingerprint density at radius 2 is 2.04 bits per heavy atom. The molecular weight excluding hydrogens is 290 g/mol. The third-order valence-corrected chi connectivity index (χ3v) is 4.14. The molecule has 1 aromatic heterocycles. The van der Waals surface area contributed by atoms with Gasteiger partial charge in [0.15, 0.2) is 0 Å². The van der Waals surface area contributed by atoms with Gasteiger partial charge in [-0.05, 0) is 31.4 Å². The molecule has 0 saturated carbocycles. The molecule has 0 aromatic carbocycles. The van der Waals surface area contributed by atoms with Crippen LogP contribution in [0.15, 0.2) is 18.3 Å². The number of rotatable bonds is 7. The maximum absolute atomic E-state index is 12.6. The lowest BCUT2D eigenvalue weighted by Gasteiger charge is -2.29. The minimum Gasteiger partial charge on any atom is -0.378 e. The number of hydrogen-bond acceptors (Lipinski definition) is 4. The summed E-state index contributed by atoms with van der Waals surface area (Å²) in [5.74, 6) is 1.45. The maximum atomic E-state index is 12.6. The van der Waals surface area contributed by atoms with Crippen molar-refractivity contribution in [3.63, 3.8) is 0 Å². The zero-order valence-electron chi connectivity index (χ0n) is 14.5. The predicted octanol–water partition coefficient (Wildman–Crippen LogP) is 2.86. The van der Waals surface area contributed by atoms with Crippen molar-refractivity contribution in [2.45, 2.75) is 46.1 Å². The average Bonchev–Trinajstić information content (AvgIpc) is 2.55. The second-order valence-corrected chi connectivity index (χ2v) is 6.67. The highest BCUT2D eigenvalue weighted by molar-refractivity contribution is 5.99. The summed E-state index contributed by atoms with van der Waals surface area (Å²) in [7, 11) is 0. The molecule has 128 valence electrons. The number of aromatic nitrogens is 1. The van der Waals surface area contributed by atoms with Crippen molar-refractivity contribution in [2.24, 2.45) is 5.92 Å². The predicted molar refractivity (Wildman–Crippen MR) is 92.9 cm³/mol. The van der Waals surface area contributed by atoms with Crippen molar-refractivity contribution in [1.82, 2.24) is 10.3 Å². The van der Waals surface area contributed by atoms with Crippen molar-refractivity contribution < 1.29 is 9.53 Å². The van der Waals surface area contributed by atoms with Gasteiger partial charge in [0.25, 0.3) is 5.91 Å². The van der Waals surface area contributed by atoms with E-state index in [0.717, 1.165) is 31.7 Å². The van der Waals surface area contributed by atoms with Crippen molar-refractivity contribution in [3.05, 3.63) is 23.9 Å². The molecule has 0 aliphatic carbocycles. The molecule has 5 nitrogen and oxygen atoms in total. The van der Waals surface area contributed by atoms with Crippen LogP contribution in [0.5, 0.6) is 0 Å². The highest BCUT2D eigenvalue weighted by Gasteiger charge is 2.20. The fraction of sp³-hybridized carbons (Fsp3) is 0.667. The van der Waals surface area contributed by atoms with Crippen LogP contribution in [0.4, 0.5) is 5.82 Å². The van der Waals surface area contributed by atoms with E-state index in [1.807, 2.05) is 12.1 Å². The van der Waals surface area contributed by atoms with E-state index >= 15 is 0 Å². The lowest BCUT2D eigenvalue weighted by molar-refractivity contribution is 0.0936. The standard InChI is InChI=1S/C18H29N3O2/c1-14(2)6-4-7-15(3)20-18(22)16-8-5-9-19-17(16)21-10-12-23-13-11-21/h5,8-9,14-15H,4,6-7,10-13H2,1-3H3,(H,20,22). The Balaban J connectivity index is 1.96. The van der Waals surface area contributed by atoms with E-state index in [-0.39, 0.29) is 11.9 Å². The average molecular weight is 319 g/mol. The van der Waals surface area contributed by atoms with E-state index in [9.17, 15) is 4.79 Å². The quantitative estimate of drug-likeness (QED) is 0.839. The first kappa shape index (κ1) is 17.7. The smallest absolute Gasteiger partial charge is 0.255 e. The van der Waals surface area contributed by atoms with Crippen LogP contribution in [-0.2, 0) is 4.74 Å². The van der Waals surface area contributed by atoms with Gasteiger partial charge in [0, 0.05) is 25.3 Å². The molecule has 1 saturated heterocycles. The molecule has 1 aromatic rings. The van der Waals surface area contributed by atoms with Gasteiger partial charge in [-0.2, -0.15) is 0 Å². The Bertz CT molecular complexity index is 499. The van der Waals surface area contributed by atoms with Crippen LogP contribution < -0.4 is 10.2 Å². The zero-order valence-corrected chi connectivity index (χ0v) is 14.5. The molecule has 1 atom stereocenters. The van der Waals surface area contributed by atoms with Gasteiger partial charge in [-0.15, -0.1) is 0 Å². The van der Waals surface area contributed by atoms with E-state index < -0.39 is 0 Å². The SMILES string of the molecule is CC(C)CCCC(C)NC(=O)c1cccnc1N1CCOCC1. The summed E-state index contributed by atoms with van der Waals surface area (Å²) in [4.78, 5) is 19.2. The second-order valence-electron chi connectivity index (χ2n) is 6.67. The lowest BCUT2D eigenvalue weighted by Crippen LogP contribution is -2.39. The number of nitrogens with one attached hydrogen (secondary N) is 1. The van der Waals surface area contributed by atoms with Crippen LogP contribution in [-0.4, -0.2) is 43.2 Å². The lowest BCUT2D eigenvalue weighted by atomic mass is 10.0. The highest BCUT2D eigenvalue weighted by Crippen LogP contribution is 2.19. The Labute approximate surface area is 139 Å². The maximum Gasteiger partial charge on any atom is 0.255 e. The van der Waals surface area contributed by atoms with E-state index in [1.54, 1.807) is 6.20 Å². The minimum absolute atomic E-state index is 0.0309. The molecule has 1 aliphatic rings. The molecule has 2 rings (SSSR count). The van der Waals surface area contributed by atoms with Crippen LogP contribution in [0.25, 0.3) is 0 Å². The van der Waals surface area contributed by atoms with Crippen molar-refractivity contribution in [2.75, 3.05) is 31.2 Å². The molecule has 1 aliphatic heterocycles. The van der Waals surface area contributed by atoms with Gasteiger partial charge in [0.2, 0.25) is 0 Å². The Hall–Kier alpha value is -1.62. The molecule has 1 amide bonds. The first-order valence-electron chi connectivity index (χ1n) is 8.66. The summed E-state index contributed by atoms with van der Waals surface area (Å²) in [5.41, 5.74) is 0.658. The highest BCUT2D eigenvalue weighted by atomic mass is 16.5. The molecule has 2 heterocycles. The summed E-state index contributed by atoms with van der Waals surface area (Å²) in [5, 5.41) is 3.11. The molecule has 5 heteroatoms. The Morgan fingerprint density at radius 1 is 1.30 bits per heavy atom. The second kappa shape index (κ2) is 8.87. The van der Waals surface area contributed by atoms with Gasteiger partial charge in [0.1, 0.15) is 5.82 Å². The summed E-state index contributed by atoms with van der Waals surface area (Å²) >= 11 is 0. The van der Waals surface area contributed by atoms with Gasteiger partial charge >= 0.3 is 0 Å². The van der Waals surface area contributed by atoms with E-state index in [0.29, 0.717) is 24.7 Å².